The van der Waals surface area contributed by atoms with Gasteiger partial charge in [0.2, 0.25) is 5.76 Å². The highest BCUT2D eigenvalue weighted by Crippen LogP contribution is 2.27. The van der Waals surface area contributed by atoms with E-state index in [4.69, 9.17) is 4.52 Å². The molecule has 0 saturated heterocycles. The fraction of sp³-hybridized carbons (Fsp3) is 0.250. The third kappa shape index (κ3) is 2.38. The number of aliphatic hydroxyl groups is 1. The van der Waals surface area contributed by atoms with Crippen LogP contribution >= 0.6 is 0 Å². The molecule has 0 aliphatic carbocycles. The number of aryl methyl sites for hydroxylation is 1. The standard InChI is InChI=1S/C12H12N2O4/c1-8-12(14(16)17)11(18-13-8)7-10(15)9-5-3-2-4-6-9/h2-6,10,15H,7H2,1H3. The van der Waals surface area contributed by atoms with Crippen molar-refractivity contribution in [1.29, 1.82) is 0 Å². The summed E-state index contributed by atoms with van der Waals surface area (Å²) in [4.78, 5) is 10.3. The quantitative estimate of drug-likeness (QED) is 0.661. The van der Waals surface area contributed by atoms with Crippen LogP contribution < -0.4 is 0 Å². The zero-order valence-electron chi connectivity index (χ0n) is 9.74. The summed E-state index contributed by atoms with van der Waals surface area (Å²) in [6.45, 7) is 1.50. The van der Waals surface area contributed by atoms with Gasteiger partial charge in [-0.1, -0.05) is 35.5 Å². The maximum Gasteiger partial charge on any atom is 0.334 e. The minimum Gasteiger partial charge on any atom is -0.388 e. The number of hydrogen-bond acceptors (Lipinski definition) is 5. The van der Waals surface area contributed by atoms with E-state index in [9.17, 15) is 15.2 Å². The molecule has 0 amide bonds. The number of nitrogens with zero attached hydrogens (tertiary/aromatic N) is 2. The second kappa shape index (κ2) is 4.97. The molecule has 6 heteroatoms. The summed E-state index contributed by atoms with van der Waals surface area (Å²) in [5.74, 6) is 0.0915. The zero-order chi connectivity index (χ0) is 13.1. The molecule has 2 aromatic rings. The Labute approximate surface area is 103 Å². The van der Waals surface area contributed by atoms with E-state index in [0.717, 1.165) is 0 Å². The summed E-state index contributed by atoms with van der Waals surface area (Å²) in [6, 6.07) is 8.91. The monoisotopic (exact) mass is 248 g/mol. The van der Waals surface area contributed by atoms with Crippen LogP contribution in [0.2, 0.25) is 0 Å². The zero-order valence-corrected chi connectivity index (χ0v) is 9.74. The van der Waals surface area contributed by atoms with Crippen molar-refractivity contribution < 1.29 is 14.6 Å². The Morgan fingerprint density at radius 1 is 1.44 bits per heavy atom. The van der Waals surface area contributed by atoms with Crippen molar-refractivity contribution in [1.82, 2.24) is 5.16 Å². The van der Waals surface area contributed by atoms with Crippen molar-refractivity contribution in [2.45, 2.75) is 19.4 Å². The van der Waals surface area contributed by atoms with Gasteiger partial charge >= 0.3 is 5.69 Å². The van der Waals surface area contributed by atoms with E-state index >= 15 is 0 Å². The molecule has 0 spiro atoms. The molecule has 0 aliphatic rings. The predicted octanol–water partition coefficient (Wildman–Crippen LogP) is 2.17. The van der Waals surface area contributed by atoms with E-state index < -0.39 is 11.0 Å². The van der Waals surface area contributed by atoms with Gasteiger partial charge in [0.1, 0.15) is 0 Å². The van der Waals surface area contributed by atoms with Gasteiger partial charge in [0.05, 0.1) is 11.0 Å². The van der Waals surface area contributed by atoms with Gasteiger partial charge in [0.15, 0.2) is 5.69 Å². The van der Waals surface area contributed by atoms with E-state index in [1.54, 1.807) is 24.3 Å². The molecule has 6 nitrogen and oxygen atoms in total. The van der Waals surface area contributed by atoms with Gasteiger partial charge in [0.25, 0.3) is 0 Å². The number of nitro groups is 1. The maximum absolute atomic E-state index is 10.8. The van der Waals surface area contributed by atoms with Crippen LogP contribution in [0.3, 0.4) is 0 Å². The summed E-state index contributed by atoms with van der Waals surface area (Å²) in [5.41, 5.74) is 0.737. The average molecular weight is 248 g/mol. The van der Waals surface area contributed by atoms with Crippen molar-refractivity contribution in [3.8, 4) is 0 Å². The molecular formula is C12H12N2O4. The second-order valence-corrected chi connectivity index (χ2v) is 3.93. The molecule has 0 radical (unpaired) electrons. The summed E-state index contributed by atoms with van der Waals surface area (Å²) in [7, 11) is 0. The van der Waals surface area contributed by atoms with Crippen LogP contribution in [0.5, 0.6) is 0 Å². The number of hydrogen-bond donors (Lipinski definition) is 1. The lowest BCUT2D eigenvalue weighted by Gasteiger charge is -2.07. The highest BCUT2D eigenvalue weighted by molar-refractivity contribution is 5.38. The van der Waals surface area contributed by atoms with E-state index in [1.165, 1.54) is 6.92 Å². The van der Waals surface area contributed by atoms with Crippen LogP contribution in [0.4, 0.5) is 5.69 Å². The Hall–Kier alpha value is -2.21. The molecule has 94 valence electrons. The molecule has 0 aliphatic heterocycles. The van der Waals surface area contributed by atoms with Crippen LogP contribution in [0.15, 0.2) is 34.9 Å². The van der Waals surface area contributed by atoms with Gasteiger partial charge in [-0.25, -0.2) is 0 Å². The Bertz CT molecular complexity index is 550. The van der Waals surface area contributed by atoms with Crippen LogP contribution in [0.1, 0.15) is 23.1 Å². The molecular weight excluding hydrogens is 236 g/mol. The third-order valence-electron chi connectivity index (χ3n) is 2.65. The SMILES string of the molecule is Cc1noc(CC(O)c2ccccc2)c1[N+](=O)[O-]. The molecule has 1 atom stereocenters. The van der Waals surface area contributed by atoms with E-state index in [-0.39, 0.29) is 23.6 Å². The molecule has 1 N–H and O–H groups in total. The highest BCUT2D eigenvalue weighted by atomic mass is 16.6. The fourth-order valence-electron chi connectivity index (χ4n) is 1.75. The van der Waals surface area contributed by atoms with Crippen LogP contribution in [-0.4, -0.2) is 15.2 Å². The lowest BCUT2D eigenvalue weighted by Crippen LogP contribution is -2.03. The van der Waals surface area contributed by atoms with Crippen molar-refractivity contribution in [3.05, 3.63) is 57.5 Å². The molecule has 1 aromatic heterocycles. The van der Waals surface area contributed by atoms with Crippen molar-refractivity contribution in [2.75, 3.05) is 0 Å². The molecule has 1 heterocycles. The van der Waals surface area contributed by atoms with Crippen molar-refractivity contribution in [3.63, 3.8) is 0 Å². The Balaban J connectivity index is 2.22. The smallest absolute Gasteiger partial charge is 0.334 e. The average Bonchev–Trinajstić information content (AvgIpc) is 2.71. The van der Waals surface area contributed by atoms with Gasteiger partial charge in [0, 0.05) is 6.42 Å². The molecule has 0 fully saturated rings. The third-order valence-corrected chi connectivity index (χ3v) is 2.65. The van der Waals surface area contributed by atoms with Crippen LogP contribution in [0, 0.1) is 17.0 Å². The first kappa shape index (κ1) is 12.3. The van der Waals surface area contributed by atoms with Gasteiger partial charge in [-0.3, -0.25) is 10.1 Å². The summed E-state index contributed by atoms with van der Waals surface area (Å²) in [5, 5.41) is 24.4. The minimum absolute atomic E-state index is 0.0289. The first-order valence-corrected chi connectivity index (χ1v) is 5.42. The largest absolute Gasteiger partial charge is 0.388 e. The van der Waals surface area contributed by atoms with E-state index in [2.05, 4.69) is 5.16 Å². The first-order valence-electron chi connectivity index (χ1n) is 5.42. The Morgan fingerprint density at radius 3 is 2.72 bits per heavy atom. The number of rotatable bonds is 4. The number of aromatic nitrogens is 1. The normalized spacial score (nSPS) is 12.3. The summed E-state index contributed by atoms with van der Waals surface area (Å²) in [6.07, 6.45) is -0.821. The lowest BCUT2D eigenvalue weighted by molar-refractivity contribution is -0.386. The summed E-state index contributed by atoms with van der Waals surface area (Å²) >= 11 is 0. The second-order valence-electron chi connectivity index (χ2n) is 3.93. The van der Waals surface area contributed by atoms with Gasteiger partial charge in [-0.15, -0.1) is 0 Å². The maximum atomic E-state index is 10.8. The number of benzene rings is 1. The predicted molar refractivity (Wildman–Crippen MR) is 63.0 cm³/mol. The molecule has 18 heavy (non-hydrogen) atoms. The van der Waals surface area contributed by atoms with Crippen molar-refractivity contribution in [2.24, 2.45) is 0 Å². The highest BCUT2D eigenvalue weighted by Gasteiger charge is 2.26. The van der Waals surface area contributed by atoms with Crippen molar-refractivity contribution >= 4 is 5.69 Å². The Morgan fingerprint density at radius 2 is 2.11 bits per heavy atom. The molecule has 2 rings (SSSR count). The molecule has 0 bridgehead atoms. The molecule has 1 unspecified atom stereocenters. The van der Waals surface area contributed by atoms with E-state index in [1.807, 2.05) is 6.07 Å². The summed E-state index contributed by atoms with van der Waals surface area (Å²) < 4.78 is 4.90. The van der Waals surface area contributed by atoms with Gasteiger partial charge in [-0.2, -0.15) is 0 Å². The van der Waals surface area contributed by atoms with E-state index in [0.29, 0.717) is 5.56 Å². The minimum atomic E-state index is -0.850. The fourth-order valence-corrected chi connectivity index (χ4v) is 1.75. The lowest BCUT2D eigenvalue weighted by atomic mass is 10.0. The van der Waals surface area contributed by atoms with Gasteiger partial charge < -0.3 is 9.63 Å². The van der Waals surface area contributed by atoms with Crippen LogP contribution in [-0.2, 0) is 6.42 Å². The van der Waals surface area contributed by atoms with Crippen LogP contribution in [0.25, 0.3) is 0 Å². The molecule has 1 aromatic carbocycles. The first-order chi connectivity index (χ1) is 8.59. The van der Waals surface area contributed by atoms with Gasteiger partial charge in [-0.05, 0) is 12.5 Å². The Kier molecular flexibility index (Phi) is 3.38. The topological polar surface area (TPSA) is 89.4 Å². The number of aliphatic hydroxyl groups excluding tert-OH is 1. The molecule has 0 saturated carbocycles.